The van der Waals surface area contributed by atoms with E-state index in [0.717, 1.165) is 5.56 Å². The van der Waals surface area contributed by atoms with E-state index in [0.29, 0.717) is 10.8 Å². The van der Waals surface area contributed by atoms with E-state index in [4.69, 9.17) is 26.1 Å². The predicted molar refractivity (Wildman–Crippen MR) is 59.0 cm³/mol. The molecule has 1 aromatic rings. The first-order valence-corrected chi connectivity index (χ1v) is 5.83. The average Bonchev–Trinajstić information content (AvgIpc) is 2.14. The highest BCUT2D eigenvalue weighted by Crippen LogP contribution is 2.24. The lowest BCUT2D eigenvalue weighted by Crippen LogP contribution is -2.05. The Bertz CT molecular complexity index is 319. The summed E-state index contributed by atoms with van der Waals surface area (Å²) in [5.41, 5.74) is 0.928. The van der Waals surface area contributed by atoms with E-state index in [1.807, 2.05) is 6.92 Å². The van der Waals surface area contributed by atoms with Gasteiger partial charge in [-0.1, -0.05) is 11.6 Å². The summed E-state index contributed by atoms with van der Waals surface area (Å²) in [7, 11) is -2.29. The van der Waals surface area contributed by atoms with Crippen LogP contribution in [0.25, 0.3) is 0 Å². The van der Waals surface area contributed by atoms with Gasteiger partial charge in [-0.15, -0.1) is 0 Å². The zero-order valence-corrected chi connectivity index (χ0v) is 9.83. The number of ether oxygens (including phenoxy) is 1. The summed E-state index contributed by atoms with van der Waals surface area (Å²) in [6, 6.07) is 5.29. The van der Waals surface area contributed by atoms with Gasteiger partial charge >= 0.3 is 8.60 Å². The smallest absolute Gasteiger partial charge is 0.327 e. The van der Waals surface area contributed by atoms with Crippen LogP contribution in [0.1, 0.15) is 5.56 Å². The van der Waals surface area contributed by atoms with Crippen molar-refractivity contribution in [1.82, 2.24) is 0 Å². The third kappa shape index (κ3) is 4.78. The van der Waals surface area contributed by atoms with Crippen LogP contribution in [0.4, 0.5) is 0 Å². The first kappa shape index (κ1) is 12.7. The highest BCUT2D eigenvalue weighted by Gasteiger charge is 2.02. The monoisotopic (exact) mass is 250 g/mol. The minimum atomic E-state index is -2.29. The Labute approximate surface area is 94.4 Å². The Kier molecular flexibility index (Phi) is 5.29. The molecule has 0 amide bonds. The van der Waals surface area contributed by atoms with Gasteiger partial charge in [0.2, 0.25) is 0 Å². The van der Waals surface area contributed by atoms with Crippen LogP contribution in [0, 0.1) is 6.92 Å². The molecule has 1 aromatic carbocycles. The van der Waals surface area contributed by atoms with Gasteiger partial charge < -0.3 is 19.0 Å². The fourth-order valence-electron chi connectivity index (χ4n) is 1.05. The molecule has 0 bridgehead atoms. The molecule has 15 heavy (non-hydrogen) atoms. The second-order valence-electron chi connectivity index (χ2n) is 2.84. The van der Waals surface area contributed by atoms with Crippen molar-refractivity contribution in [3.8, 4) is 5.75 Å². The lowest BCUT2D eigenvalue weighted by Gasteiger charge is -2.09. The zero-order valence-electron chi connectivity index (χ0n) is 8.18. The van der Waals surface area contributed by atoms with Crippen LogP contribution in [0.5, 0.6) is 5.75 Å². The molecule has 6 heteroatoms. The maximum Gasteiger partial charge on any atom is 0.327 e. The van der Waals surface area contributed by atoms with E-state index in [1.54, 1.807) is 18.2 Å². The second kappa shape index (κ2) is 6.26. The standard InChI is InChI=1S/C9H12ClO4P/c1-7-6-8(10)2-3-9(7)13-4-5-14-15(11)12/h2-3,6,11-12H,4-5H2,1H3. The van der Waals surface area contributed by atoms with E-state index < -0.39 is 8.60 Å². The van der Waals surface area contributed by atoms with Gasteiger partial charge in [0.05, 0.1) is 6.61 Å². The van der Waals surface area contributed by atoms with E-state index in [9.17, 15) is 0 Å². The van der Waals surface area contributed by atoms with Gasteiger partial charge in [-0.2, -0.15) is 0 Å². The Morgan fingerprint density at radius 2 is 2.07 bits per heavy atom. The highest BCUT2D eigenvalue weighted by atomic mass is 35.5. The summed E-state index contributed by atoms with van der Waals surface area (Å²) in [4.78, 5) is 16.9. The van der Waals surface area contributed by atoms with Crippen molar-refractivity contribution in [1.29, 1.82) is 0 Å². The molecule has 0 saturated carbocycles. The quantitative estimate of drug-likeness (QED) is 0.622. The van der Waals surface area contributed by atoms with Crippen LogP contribution < -0.4 is 4.74 Å². The number of rotatable bonds is 5. The molecule has 1 rings (SSSR count). The van der Waals surface area contributed by atoms with Gasteiger partial charge in [0, 0.05) is 5.02 Å². The maximum absolute atomic E-state index is 8.47. The summed E-state index contributed by atoms with van der Waals surface area (Å²) in [6.07, 6.45) is 0. The van der Waals surface area contributed by atoms with Crippen molar-refractivity contribution in [2.45, 2.75) is 6.92 Å². The minimum absolute atomic E-state index is 0.140. The lowest BCUT2D eigenvalue weighted by atomic mass is 10.2. The molecule has 84 valence electrons. The van der Waals surface area contributed by atoms with Gasteiger partial charge in [0.1, 0.15) is 12.4 Å². The third-order valence-corrected chi connectivity index (χ3v) is 2.33. The van der Waals surface area contributed by atoms with E-state index in [1.165, 1.54) is 0 Å². The maximum atomic E-state index is 8.47. The summed E-state index contributed by atoms with van der Waals surface area (Å²) >= 11 is 5.78. The third-order valence-electron chi connectivity index (χ3n) is 1.68. The van der Waals surface area contributed by atoms with Gasteiger partial charge in [0.25, 0.3) is 0 Å². The molecule has 0 aliphatic rings. The molecule has 0 atom stereocenters. The summed E-state index contributed by atoms with van der Waals surface area (Å²) < 4.78 is 9.90. The number of aryl methyl sites for hydroxylation is 1. The molecule has 0 fully saturated rings. The van der Waals surface area contributed by atoms with Crippen LogP contribution in [0.2, 0.25) is 5.02 Å². The normalized spacial score (nSPS) is 10.7. The van der Waals surface area contributed by atoms with Crippen LogP contribution >= 0.6 is 20.2 Å². The van der Waals surface area contributed by atoms with Crippen LogP contribution in [-0.4, -0.2) is 23.0 Å². The lowest BCUT2D eigenvalue weighted by molar-refractivity contribution is 0.193. The Morgan fingerprint density at radius 1 is 1.33 bits per heavy atom. The topological polar surface area (TPSA) is 58.9 Å². The molecule has 2 N–H and O–H groups in total. The average molecular weight is 251 g/mol. The van der Waals surface area contributed by atoms with Crippen LogP contribution in [0.15, 0.2) is 18.2 Å². The number of hydrogen-bond acceptors (Lipinski definition) is 4. The number of halogens is 1. The van der Waals surface area contributed by atoms with Gasteiger partial charge in [0.15, 0.2) is 0 Å². The zero-order chi connectivity index (χ0) is 11.3. The van der Waals surface area contributed by atoms with E-state index in [-0.39, 0.29) is 13.2 Å². The minimum Gasteiger partial charge on any atom is -0.491 e. The molecule has 0 spiro atoms. The molecule has 0 aliphatic carbocycles. The molecule has 0 saturated heterocycles. The van der Waals surface area contributed by atoms with E-state index >= 15 is 0 Å². The van der Waals surface area contributed by atoms with Crippen molar-refractivity contribution >= 4 is 20.2 Å². The molecule has 0 aromatic heterocycles. The molecule has 0 heterocycles. The van der Waals surface area contributed by atoms with Crippen molar-refractivity contribution in [3.63, 3.8) is 0 Å². The van der Waals surface area contributed by atoms with E-state index in [2.05, 4.69) is 4.52 Å². The summed E-state index contributed by atoms with van der Waals surface area (Å²) in [5.74, 6) is 0.711. The largest absolute Gasteiger partial charge is 0.491 e. The van der Waals surface area contributed by atoms with Crippen molar-refractivity contribution < 1.29 is 19.0 Å². The van der Waals surface area contributed by atoms with Gasteiger partial charge in [-0.3, -0.25) is 0 Å². The molecule has 0 unspecified atom stereocenters. The fourth-order valence-corrected chi connectivity index (χ4v) is 1.51. The molecule has 4 nitrogen and oxygen atoms in total. The Balaban J connectivity index is 2.37. The fraction of sp³-hybridized carbons (Fsp3) is 0.333. The van der Waals surface area contributed by atoms with Crippen molar-refractivity contribution in [2.24, 2.45) is 0 Å². The second-order valence-corrected chi connectivity index (χ2v) is 4.04. The summed E-state index contributed by atoms with van der Waals surface area (Å²) in [6.45, 7) is 2.29. The molecular weight excluding hydrogens is 239 g/mol. The molecular formula is C9H12ClO4P. The molecule has 0 radical (unpaired) electrons. The van der Waals surface area contributed by atoms with Crippen molar-refractivity contribution in [3.05, 3.63) is 28.8 Å². The number of hydrogen-bond donors (Lipinski definition) is 2. The Morgan fingerprint density at radius 3 is 2.67 bits per heavy atom. The molecule has 0 aliphatic heterocycles. The first-order valence-electron chi connectivity index (χ1n) is 4.29. The predicted octanol–water partition coefficient (Wildman–Crippen LogP) is 2.26. The Hall–Kier alpha value is -0.380. The van der Waals surface area contributed by atoms with Crippen LogP contribution in [-0.2, 0) is 4.52 Å². The first-order chi connectivity index (χ1) is 7.09. The summed E-state index contributed by atoms with van der Waals surface area (Å²) in [5, 5.41) is 0.658. The highest BCUT2D eigenvalue weighted by molar-refractivity contribution is 7.39. The number of benzene rings is 1. The van der Waals surface area contributed by atoms with Gasteiger partial charge in [-0.25, -0.2) is 0 Å². The van der Waals surface area contributed by atoms with Crippen LogP contribution in [0.3, 0.4) is 0 Å². The van der Waals surface area contributed by atoms with Crippen molar-refractivity contribution in [2.75, 3.05) is 13.2 Å². The SMILES string of the molecule is Cc1cc(Cl)ccc1OCCOP(O)O. The van der Waals surface area contributed by atoms with Gasteiger partial charge in [-0.05, 0) is 30.7 Å².